The van der Waals surface area contributed by atoms with Crippen molar-refractivity contribution in [1.82, 2.24) is 10.1 Å². The van der Waals surface area contributed by atoms with E-state index in [-0.39, 0.29) is 5.91 Å². The third-order valence-corrected chi connectivity index (χ3v) is 5.00. The number of amides is 1. The van der Waals surface area contributed by atoms with Crippen LogP contribution in [0, 0.1) is 11.3 Å². The number of nitrogens with one attached hydrogen (secondary N) is 1. The number of hydrogen-bond donors (Lipinski definition) is 1. The van der Waals surface area contributed by atoms with Crippen LogP contribution in [0.5, 0.6) is 0 Å². The number of aromatic nitrogens is 1. The van der Waals surface area contributed by atoms with E-state index in [4.69, 9.17) is 21.4 Å². The molecule has 1 heterocycles. The molecule has 30 heavy (non-hydrogen) atoms. The second kappa shape index (κ2) is 10.6. The lowest BCUT2D eigenvalue weighted by atomic mass is 10.1. The van der Waals surface area contributed by atoms with Gasteiger partial charge in [-0.1, -0.05) is 47.1 Å². The smallest absolute Gasteiger partial charge is 0.225 e. The van der Waals surface area contributed by atoms with Gasteiger partial charge in [0.15, 0.2) is 0 Å². The van der Waals surface area contributed by atoms with Gasteiger partial charge in [-0.05, 0) is 38.2 Å². The fourth-order valence-electron chi connectivity index (χ4n) is 3.01. The molecule has 3 aromatic rings. The van der Waals surface area contributed by atoms with Crippen LogP contribution in [0.25, 0.3) is 11.3 Å². The zero-order valence-corrected chi connectivity index (χ0v) is 17.5. The number of anilines is 1. The number of carbonyl (C=O) groups excluding carboxylic acids is 1. The maximum absolute atomic E-state index is 12.1. The average Bonchev–Trinajstić information content (AvgIpc) is 3.22. The van der Waals surface area contributed by atoms with Gasteiger partial charge in [0, 0.05) is 36.7 Å². The van der Waals surface area contributed by atoms with Crippen LogP contribution in [0.2, 0.25) is 5.02 Å². The summed E-state index contributed by atoms with van der Waals surface area (Å²) in [6.45, 7) is 1.48. The fourth-order valence-corrected chi connectivity index (χ4v) is 3.23. The Hall–Kier alpha value is -3.14. The van der Waals surface area contributed by atoms with Crippen molar-refractivity contribution < 1.29 is 9.32 Å². The van der Waals surface area contributed by atoms with Crippen LogP contribution in [0.1, 0.15) is 24.2 Å². The van der Waals surface area contributed by atoms with Crippen LogP contribution in [0.4, 0.5) is 5.69 Å². The van der Waals surface area contributed by atoms with Crippen LogP contribution in [0.15, 0.2) is 59.1 Å². The SMILES string of the molecule is CN(CCCc1cc(-c2ccccc2)no1)CCC(=O)Nc1ccc(C#N)c(Cl)c1. The maximum atomic E-state index is 12.1. The van der Waals surface area contributed by atoms with Gasteiger partial charge in [-0.3, -0.25) is 4.79 Å². The predicted molar refractivity (Wildman–Crippen MR) is 117 cm³/mol. The molecule has 0 atom stereocenters. The summed E-state index contributed by atoms with van der Waals surface area (Å²) < 4.78 is 5.43. The third-order valence-electron chi connectivity index (χ3n) is 4.69. The van der Waals surface area contributed by atoms with Crippen molar-refractivity contribution in [2.45, 2.75) is 19.3 Å². The molecule has 3 rings (SSSR count). The van der Waals surface area contributed by atoms with E-state index in [9.17, 15) is 4.79 Å². The van der Waals surface area contributed by atoms with E-state index in [2.05, 4.69) is 15.4 Å². The predicted octanol–water partition coefficient (Wildman–Crippen LogP) is 4.76. The Morgan fingerprint density at radius 3 is 2.73 bits per heavy atom. The molecule has 154 valence electrons. The first-order valence-corrected chi connectivity index (χ1v) is 10.1. The second-order valence-electron chi connectivity index (χ2n) is 7.06. The summed E-state index contributed by atoms with van der Waals surface area (Å²) in [7, 11) is 1.99. The molecule has 0 aliphatic heterocycles. The molecule has 7 heteroatoms. The molecule has 6 nitrogen and oxygen atoms in total. The Morgan fingerprint density at radius 2 is 2.00 bits per heavy atom. The molecule has 0 saturated heterocycles. The van der Waals surface area contributed by atoms with E-state index in [1.807, 2.05) is 49.5 Å². The highest BCUT2D eigenvalue weighted by molar-refractivity contribution is 6.32. The average molecular weight is 423 g/mol. The summed E-state index contributed by atoms with van der Waals surface area (Å²) >= 11 is 5.99. The lowest BCUT2D eigenvalue weighted by Crippen LogP contribution is -2.25. The van der Waals surface area contributed by atoms with Gasteiger partial charge in [0.2, 0.25) is 5.91 Å². The lowest BCUT2D eigenvalue weighted by Gasteiger charge is -2.15. The van der Waals surface area contributed by atoms with E-state index >= 15 is 0 Å². The number of nitriles is 1. The number of rotatable bonds is 9. The standard InChI is InChI=1S/C23H23ClN4O2/c1-28(13-11-23(29)26-19-10-9-18(16-25)21(24)14-19)12-5-8-20-15-22(27-30-20)17-6-3-2-4-7-17/h2-4,6-7,9-10,14-15H,5,8,11-13H2,1H3,(H,26,29). The monoisotopic (exact) mass is 422 g/mol. The van der Waals surface area contributed by atoms with E-state index in [0.717, 1.165) is 36.4 Å². The molecular weight excluding hydrogens is 400 g/mol. The Labute approximate surface area is 181 Å². The first kappa shape index (κ1) is 21.6. The minimum absolute atomic E-state index is 0.0923. The van der Waals surface area contributed by atoms with Crippen molar-refractivity contribution in [1.29, 1.82) is 5.26 Å². The van der Waals surface area contributed by atoms with Gasteiger partial charge in [-0.2, -0.15) is 5.26 Å². The topological polar surface area (TPSA) is 82.2 Å². The number of hydrogen-bond acceptors (Lipinski definition) is 5. The minimum atomic E-state index is -0.0923. The quantitative estimate of drug-likeness (QED) is 0.537. The molecule has 0 bridgehead atoms. The summed E-state index contributed by atoms with van der Waals surface area (Å²) in [4.78, 5) is 14.3. The van der Waals surface area contributed by atoms with Gasteiger partial charge in [-0.25, -0.2) is 0 Å². The Kier molecular flexibility index (Phi) is 7.61. The van der Waals surface area contributed by atoms with Gasteiger partial charge in [0.25, 0.3) is 0 Å². The summed E-state index contributed by atoms with van der Waals surface area (Å²) in [6, 6.07) is 18.8. The van der Waals surface area contributed by atoms with Crippen molar-refractivity contribution >= 4 is 23.2 Å². The third kappa shape index (κ3) is 6.18. The number of halogens is 1. The molecule has 0 saturated carbocycles. The number of benzene rings is 2. The highest BCUT2D eigenvalue weighted by atomic mass is 35.5. The Balaban J connectivity index is 1.37. The maximum Gasteiger partial charge on any atom is 0.225 e. The van der Waals surface area contributed by atoms with Crippen molar-refractivity contribution in [3.63, 3.8) is 0 Å². The summed E-state index contributed by atoms with van der Waals surface area (Å²) in [5.74, 6) is 0.767. The summed E-state index contributed by atoms with van der Waals surface area (Å²) in [5, 5.41) is 16.2. The number of nitrogens with zero attached hydrogens (tertiary/aromatic N) is 3. The van der Waals surface area contributed by atoms with Gasteiger partial charge < -0.3 is 14.7 Å². The van der Waals surface area contributed by atoms with Crippen molar-refractivity contribution in [3.05, 3.63) is 70.9 Å². The lowest BCUT2D eigenvalue weighted by molar-refractivity contribution is -0.116. The molecule has 2 aromatic carbocycles. The van der Waals surface area contributed by atoms with E-state index < -0.39 is 0 Å². The molecule has 0 fully saturated rings. The molecule has 1 aromatic heterocycles. The molecule has 0 aliphatic rings. The van der Waals surface area contributed by atoms with E-state index in [0.29, 0.717) is 29.2 Å². The normalized spacial score (nSPS) is 10.7. The van der Waals surface area contributed by atoms with Crippen molar-refractivity contribution in [3.8, 4) is 17.3 Å². The Morgan fingerprint density at radius 1 is 1.20 bits per heavy atom. The van der Waals surface area contributed by atoms with E-state index in [1.165, 1.54) is 0 Å². The first-order valence-electron chi connectivity index (χ1n) is 9.74. The van der Waals surface area contributed by atoms with Gasteiger partial charge in [0.1, 0.15) is 17.5 Å². The van der Waals surface area contributed by atoms with Crippen molar-refractivity contribution in [2.75, 3.05) is 25.5 Å². The van der Waals surface area contributed by atoms with Crippen LogP contribution in [-0.4, -0.2) is 36.1 Å². The number of carbonyl (C=O) groups is 1. The summed E-state index contributed by atoms with van der Waals surface area (Å²) in [6.07, 6.45) is 2.07. The second-order valence-corrected chi connectivity index (χ2v) is 7.46. The van der Waals surface area contributed by atoms with Crippen LogP contribution in [0.3, 0.4) is 0 Å². The fraction of sp³-hybridized carbons (Fsp3) is 0.261. The van der Waals surface area contributed by atoms with Crippen LogP contribution < -0.4 is 5.32 Å². The zero-order chi connectivity index (χ0) is 21.3. The van der Waals surface area contributed by atoms with Gasteiger partial charge in [0.05, 0.1) is 10.6 Å². The summed E-state index contributed by atoms with van der Waals surface area (Å²) in [5.41, 5.74) is 2.86. The van der Waals surface area contributed by atoms with Crippen molar-refractivity contribution in [2.24, 2.45) is 0 Å². The van der Waals surface area contributed by atoms with E-state index in [1.54, 1.807) is 18.2 Å². The molecule has 0 unspecified atom stereocenters. The first-order chi connectivity index (χ1) is 14.5. The number of aryl methyl sites for hydroxylation is 1. The Bertz CT molecular complexity index is 1030. The molecule has 0 spiro atoms. The minimum Gasteiger partial charge on any atom is -0.361 e. The van der Waals surface area contributed by atoms with Crippen LogP contribution >= 0.6 is 11.6 Å². The zero-order valence-electron chi connectivity index (χ0n) is 16.8. The molecule has 0 aliphatic carbocycles. The molecule has 1 amide bonds. The largest absolute Gasteiger partial charge is 0.361 e. The van der Waals surface area contributed by atoms with Gasteiger partial charge in [-0.15, -0.1) is 0 Å². The molecule has 0 radical (unpaired) electrons. The van der Waals surface area contributed by atoms with Gasteiger partial charge >= 0.3 is 0 Å². The molecular formula is C23H23ClN4O2. The highest BCUT2D eigenvalue weighted by Crippen LogP contribution is 2.21. The molecule has 1 N–H and O–H groups in total. The highest BCUT2D eigenvalue weighted by Gasteiger charge is 2.09. The van der Waals surface area contributed by atoms with Crippen LogP contribution in [-0.2, 0) is 11.2 Å².